The molecule has 0 aliphatic rings. The van der Waals surface area contributed by atoms with E-state index in [0.717, 1.165) is 5.56 Å². The van der Waals surface area contributed by atoms with Crippen molar-refractivity contribution in [2.24, 2.45) is 0 Å². The standard InChI is InChI=1S/C21H17ClN4O3/c1-14-19(20(22)26(25-14)12-16-5-3-2-4-6-16)21(28)29-13-18(27)24-17-9-7-15(11-23)8-10-17/h2-10H,12-13H2,1H3,(H,24,27). The minimum absolute atomic E-state index is 0.133. The molecule has 0 aliphatic heterocycles. The maximum absolute atomic E-state index is 12.4. The third-order valence-electron chi connectivity index (χ3n) is 4.08. The molecule has 1 heterocycles. The van der Waals surface area contributed by atoms with Crippen molar-refractivity contribution in [2.45, 2.75) is 13.5 Å². The van der Waals surface area contributed by atoms with E-state index in [4.69, 9.17) is 21.6 Å². The Bertz CT molecular complexity index is 1070. The van der Waals surface area contributed by atoms with Gasteiger partial charge in [-0.2, -0.15) is 10.4 Å². The van der Waals surface area contributed by atoms with Crippen molar-refractivity contribution >= 4 is 29.2 Å². The lowest BCUT2D eigenvalue weighted by Gasteiger charge is -2.07. The molecule has 3 aromatic rings. The molecule has 1 N–H and O–H groups in total. The number of anilines is 1. The fraction of sp³-hybridized carbons (Fsp3) is 0.143. The summed E-state index contributed by atoms with van der Waals surface area (Å²) in [6, 6.07) is 17.9. The first-order valence-corrected chi connectivity index (χ1v) is 9.09. The number of carbonyl (C=O) groups excluding carboxylic acids is 2. The van der Waals surface area contributed by atoms with E-state index < -0.39 is 18.5 Å². The summed E-state index contributed by atoms with van der Waals surface area (Å²) < 4.78 is 6.60. The molecule has 0 fully saturated rings. The fourth-order valence-corrected chi connectivity index (χ4v) is 2.99. The van der Waals surface area contributed by atoms with Crippen LogP contribution in [-0.2, 0) is 16.1 Å². The molecule has 3 rings (SSSR count). The number of hydrogen-bond donors (Lipinski definition) is 1. The van der Waals surface area contributed by atoms with E-state index in [1.165, 1.54) is 4.68 Å². The lowest BCUT2D eigenvalue weighted by molar-refractivity contribution is -0.119. The number of hydrogen-bond acceptors (Lipinski definition) is 5. The van der Waals surface area contributed by atoms with Crippen LogP contribution in [0.15, 0.2) is 54.6 Å². The second kappa shape index (κ2) is 9.04. The number of esters is 1. The second-order valence-electron chi connectivity index (χ2n) is 6.21. The van der Waals surface area contributed by atoms with Gasteiger partial charge in [0.2, 0.25) is 0 Å². The number of aryl methyl sites for hydroxylation is 1. The molecule has 8 heteroatoms. The van der Waals surface area contributed by atoms with Crippen LogP contribution in [0.3, 0.4) is 0 Å². The summed E-state index contributed by atoms with van der Waals surface area (Å²) in [5.74, 6) is -1.23. The van der Waals surface area contributed by atoms with E-state index in [-0.39, 0.29) is 10.7 Å². The number of carbonyl (C=O) groups is 2. The van der Waals surface area contributed by atoms with Crippen LogP contribution in [0.5, 0.6) is 0 Å². The zero-order valence-corrected chi connectivity index (χ0v) is 16.3. The molecule has 29 heavy (non-hydrogen) atoms. The summed E-state index contributed by atoms with van der Waals surface area (Å²) in [4.78, 5) is 24.4. The van der Waals surface area contributed by atoms with Gasteiger partial charge in [0, 0.05) is 5.69 Å². The highest BCUT2D eigenvalue weighted by atomic mass is 35.5. The van der Waals surface area contributed by atoms with Gasteiger partial charge >= 0.3 is 5.97 Å². The first-order chi connectivity index (χ1) is 14.0. The van der Waals surface area contributed by atoms with Crippen molar-refractivity contribution in [3.05, 3.63) is 82.1 Å². The number of nitriles is 1. The number of rotatable bonds is 6. The Morgan fingerprint density at radius 3 is 2.52 bits per heavy atom. The zero-order valence-electron chi connectivity index (χ0n) is 15.6. The predicted molar refractivity (Wildman–Crippen MR) is 108 cm³/mol. The van der Waals surface area contributed by atoms with Gasteiger partial charge in [-0.1, -0.05) is 41.9 Å². The maximum Gasteiger partial charge on any atom is 0.343 e. The monoisotopic (exact) mass is 408 g/mol. The Kier molecular flexibility index (Phi) is 6.27. The Balaban J connectivity index is 1.61. The van der Waals surface area contributed by atoms with Crippen LogP contribution >= 0.6 is 11.6 Å². The molecule has 1 amide bonds. The van der Waals surface area contributed by atoms with E-state index in [1.54, 1.807) is 31.2 Å². The number of nitrogens with one attached hydrogen (secondary N) is 1. The molecule has 2 aromatic carbocycles. The lowest BCUT2D eigenvalue weighted by atomic mass is 10.2. The zero-order chi connectivity index (χ0) is 20.8. The fourth-order valence-electron chi connectivity index (χ4n) is 2.67. The molecule has 0 aliphatic carbocycles. The number of halogens is 1. The number of benzene rings is 2. The minimum Gasteiger partial charge on any atom is -0.452 e. The summed E-state index contributed by atoms with van der Waals surface area (Å²) >= 11 is 6.32. The van der Waals surface area contributed by atoms with Crippen LogP contribution in [0.4, 0.5) is 5.69 Å². The van der Waals surface area contributed by atoms with Gasteiger partial charge in [-0.15, -0.1) is 0 Å². The number of nitrogens with zero attached hydrogens (tertiary/aromatic N) is 3. The molecular weight excluding hydrogens is 392 g/mol. The topological polar surface area (TPSA) is 97.0 Å². The van der Waals surface area contributed by atoms with Crippen LogP contribution < -0.4 is 5.32 Å². The van der Waals surface area contributed by atoms with Gasteiger partial charge in [0.25, 0.3) is 5.91 Å². The summed E-state index contributed by atoms with van der Waals surface area (Å²) in [5.41, 5.74) is 2.51. The van der Waals surface area contributed by atoms with E-state index in [0.29, 0.717) is 23.5 Å². The quantitative estimate of drug-likeness (QED) is 0.629. The van der Waals surface area contributed by atoms with Crippen LogP contribution in [0.1, 0.15) is 27.2 Å². The van der Waals surface area contributed by atoms with Gasteiger partial charge in [0.1, 0.15) is 10.7 Å². The highest BCUT2D eigenvalue weighted by Crippen LogP contribution is 2.22. The van der Waals surface area contributed by atoms with E-state index in [2.05, 4.69) is 10.4 Å². The first kappa shape index (κ1) is 20.1. The van der Waals surface area contributed by atoms with Crippen molar-refractivity contribution in [1.29, 1.82) is 5.26 Å². The summed E-state index contributed by atoms with van der Waals surface area (Å²) in [6.45, 7) is 1.59. The predicted octanol–water partition coefficient (Wildman–Crippen LogP) is 3.56. The summed E-state index contributed by atoms with van der Waals surface area (Å²) in [6.07, 6.45) is 0. The smallest absolute Gasteiger partial charge is 0.343 e. The van der Waals surface area contributed by atoms with E-state index in [1.807, 2.05) is 36.4 Å². The van der Waals surface area contributed by atoms with Gasteiger partial charge in [0.05, 0.1) is 23.9 Å². The Morgan fingerprint density at radius 2 is 1.86 bits per heavy atom. The molecule has 7 nitrogen and oxygen atoms in total. The molecule has 0 bridgehead atoms. The third kappa shape index (κ3) is 5.00. The van der Waals surface area contributed by atoms with Crippen molar-refractivity contribution in [3.63, 3.8) is 0 Å². The molecule has 0 unspecified atom stereocenters. The number of aromatic nitrogens is 2. The molecular formula is C21H17ClN4O3. The van der Waals surface area contributed by atoms with Crippen LogP contribution in [0, 0.1) is 18.3 Å². The van der Waals surface area contributed by atoms with Crippen LogP contribution in [0.25, 0.3) is 0 Å². The number of ether oxygens (including phenoxy) is 1. The van der Waals surface area contributed by atoms with E-state index in [9.17, 15) is 9.59 Å². The maximum atomic E-state index is 12.4. The van der Waals surface area contributed by atoms with Gasteiger partial charge < -0.3 is 10.1 Å². The Morgan fingerprint density at radius 1 is 1.17 bits per heavy atom. The molecule has 0 saturated carbocycles. The molecule has 0 spiro atoms. The van der Waals surface area contributed by atoms with Gasteiger partial charge in [0.15, 0.2) is 6.61 Å². The van der Waals surface area contributed by atoms with Gasteiger partial charge in [-0.25, -0.2) is 9.48 Å². The highest BCUT2D eigenvalue weighted by Gasteiger charge is 2.22. The van der Waals surface area contributed by atoms with Gasteiger partial charge in [-0.05, 0) is 36.8 Å². The Hall–Kier alpha value is -3.63. The van der Waals surface area contributed by atoms with Gasteiger partial charge in [-0.3, -0.25) is 4.79 Å². The lowest BCUT2D eigenvalue weighted by Crippen LogP contribution is -2.21. The van der Waals surface area contributed by atoms with Crippen molar-refractivity contribution in [2.75, 3.05) is 11.9 Å². The molecule has 0 radical (unpaired) electrons. The summed E-state index contributed by atoms with van der Waals surface area (Å²) in [5, 5.41) is 15.8. The largest absolute Gasteiger partial charge is 0.452 e. The molecule has 146 valence electrons. The Labute approximate surface area is 172 Å². The number of amides is 1. The highest BCUT2D eigenvalue weighted by molar-refractivity contribution is 6.32. The first-order valence-electron chi connectivity index (χ1n) is 8.72. The van der Waals surface area contributed by atoms with Crippen molar-refractivity contribution < 1.29 is 14.3 Å². The van der Waals surface area contributed by atoms with Crippen molar-refractivity contribution in [3.8, 4) is 6.07 Å². The molecule has 0 saturated heterocycles. The SMILES string of the molecule is Cc1nn(Cc2ccccc2)c(Cl)c1C(=O)OCC(=O)Nc1ccc(C#N)cc1. The third-order valence-corrected chi connectivity index (χ3v) is 4.46. The second-order valence-corrected chi connectivity index (χ2v) is 6.57. The average Bonchev–Trinajstić information content (AvgIpc) is 3.00. The normalized spacial score (nSPS) is 10.2. The summed E-state index contributed by atoms with van der Waals surface area (Å²) in [7, 11) is 0. The molecule has 0 atom stereocenters. The van der Waals surface area contributed by atoms with E-state index >= 15 is 0 Å². The van der Waals surface area contributed by atoms with Crippen LogP contribution in [0.2, 0.25) is 5.15 Å². The average molecular weight is 409 g/mol. The minimum atomic E-state index is -0.721. The van der Waals surface area contributed by atoms with Crippen LogP contribution in [-0.4, -0.2) is 28.3 Å². The molecule has 1 aromatic heterocycles. The van der Waals surface area contributed by atoms with Crippen molar-refractivity contribution in [1.82, 2.24) is 9.78 Å².